The highest BCUT2D eigenvalue weighted by molar-refractivity contribution is 7.89. The first-order chi connectivity index (χ1) is 12.1. The highest BCUT2D eigenvalue weighted by Gasteiger charge is 2.22. The quantitative estimate of drug-likeness (QED) is 0.771. The molecular weight excluding hydrogens is 356 g/mol. The molecular formula is C17H24N4O2S2. The van der Waals surface area contributed by atoms with Gasteiger partial charge < -0.3 is 5.32 Å². The molecule has 1 saturated carbocycles. The molecule has 0 amide bonds. The number of hydrogen-bond acceptors (Lipinski definition) is 6. The van der Waals surface area contributed by atoms with Gasteiger partial charge in [0.2, 0.25) is 10.0 Å². The van der Waals surface area contributed by atoms with Crippen LogP contribution in [0.1, 0.15) is 32.6 Å². The maximum absolute atomic E-state index is 11.5. The molecule has 0 unspecified atom stereocenters. The normalized spacial score (nSPS) is 21.2. The molecule has 0 aliphatic heterocycles. The van der Waals surface area contributed by atoms with Gasteiger partial charge in [-0.15, -0.1) is 21.5 Å². The van der Waals surface area contributed by atoms with E-state index in [1.165, 1.54) is 0 Å². The van der Waals surface area contributed by atoms with E-state index in [9.17, 15) is 8.42 Å². The van der Waals surface area contributed by atoms with Crippen molar-refractivity contribution in [2.45, 2.75) is 38.6 Å². The van der Waals surface area contributed by atoms with E-state index in [2.05, 4.69) is 20.2 Å². The monoisotopic (exact) mass is 380 g/mol. The zero-order valence-electron chi connectivity index (χ0n) is 14.3. The Hall–Kier alpha value is -1.51. The number of nitrogens with zero attached hydrogens (tertiary/aromatic N) is 2. The van der Waals surface area contributed by atoms with Crippen molar-refractivity contribution in [1.82, 2.24) is 14.9 Å². The van der Waals surface area contributed by atoms with Crippen LogP contribution in [0.3, 0.4) is 0 Å². The maximum Gasteiger partial charge on any atom is 0.211 e. The van der Waals surface area contributed by atoms with Crippen LogP contribution < -0.4 is 10.0 Å². The fourth-order valence-corrected chi connectivity index (χ4v) is 4.42. The number of thiophene rings is 1. The molecule has 0 radical (unpaired) electrons. The van der Waals surface area contributed by atoms with Crippen LogP contribution in [0.15, 0.2) is 29.6 Å². The molecule has 136 valence electrons. The Balaban J connectivity index is 1.46. The van der Waals surface area contributed by atoms with Gasteiger partial charge in [0.25, 0.3) is 0 Å². The summed E-state index contributed by atoms with van der Waals surface area (Å²) in [5.41, 5.74) is 0.896. The number of sulfonamides is 1. The van der Waals surface area contributed by atoms with E-state index >= 15 is 0 Å². The Kier molecular flexibility index (Phi) is 6.03. The van der Waals surface area contributed by atoms with Crippen molar-refractivity contribution in [3.63, 3.8) is 0 Å². The Bertz CT molecular complexity index is 752. The highest BCUT2D eigenvalue weighted by atomic mass is 32.2. The molecule has 6 nitrogen and oxygen atoms in total. The lowest BCUT2D eigenvalue weighted by atomic mass is 9.86. The molecule has 0 aromatic carbocycles. The fourth-order valence-electron chi connectivity index (χ4n) is 3.03. The van der Waals surface area contributed by atoms with Gasteiger partial charge in [-0.05, 0) is 62.1 Å². The van der Waals surface area contributed by atoms with Crippen molar-refractivity contribution < 1.29 is 8.42 Å². The third kappa shape index (κ3) is 5.23. The van der Waals surface area contributed by atoms with Crippen molar-refractivity contribution >= 4 is 27.2 Å². The van der Waals surface area contributed by atoms with Crippen LogP contribution in [0, 0.1) is 5.92 Å². The van der Waals surface area contributed by atoms with Gasteiger partial charge in [0, 0.05) is 12.6 Å². The second kappa shape index (κ2) is 8.25. The summed E-state index contributed by atoms with van der Waals surface area (Å²) in [6, 6.07) is 8.39. The van der Waals surface area contributed by atoms with Gasteiger partial charge in [0.1, 0.15) is 11.5 Å². The minimum atomic E-state index is -3.09. The van der Waals surface area contributed by atoms with E-state index < -0.39 is 10.0 Å². The largest absolute Gasteiger partial charge is 0.366 e. The lowest BCUT2D eigenvalue weighted by Crippen LogP contribution is -2.34. The lowest BCUT2D eigenvalue weighted by Gasteiger charge is -2.29. The summed E-state index contributed by atoms with van der Waals surface area (Å²) in [6.45, 7) is 2.21. The van der Waals surface area contributed by atoms with Crippen LogP contribution in [0.4, 0.5) is 5.82 Å². The van der Waals surface area contributed by atoms with Crippen LogP contribution in [0.25, 0.3) is 10.6 Å². The summed E-state index contributed by atoms with van der Waals surface area (Å²) in [5.74, 6) is 1.37. The zero-order valence-corrected chi connectivity index (χ0v) is 15.9. The van der Waals surface area contributed by atoms with Crippen molar-refractivity contribution in [2.24, 2.45) is 5.92 Å². The van der Waals surface area contributed by atoms with Crippen LogP contribution in [-0.2, 0) is 10.0 Å². The van der Waals surface area contributed by atoms with Gasteiger partial charge in [-0.1, -0.05) is 6.07 Å². The van der Waals surface area contributed by atoms with Crippen LogP contribution >= 0.6 is 11.3 Å². The molecule has 0 atom stereocenters. The van der Waals surface area contributed by atoms with Crippen LogP contribution in [-0.4, -0.2) is 37.0 Å². The van der Waals surface area contributed by atoms with Gasteiger partial charge in [0.15, 0.2) is 0 Å². The Morgan fingerprint density at radius 3 is 2.56 bits per heavy atom. The molecule has 1 aliphatic carbocycles. The fraction of sp³-hybridized carbons (Fsp3) is 0.529. The first-order valence-electron chi connectivity index (χ1n) is 8.67. The smallest absolute Gasteiger partial charge is 0.211 e. The van der Waals surface area contributed by atoms with E-state index in [0.29, 0.717) is 18.5 Å². The summed E-state index contributed by atoms with van der Waals surface area (Å²) in [7, 11) is -3.09. The molecule has 1 fully saturated rings. The van der Waals surface area contributed by atoms with Gasteiger partial charge in [-0.3, -0.25) is 0 Å². The predicted molar refractivity (Wildman–Crippen MR) is 102 cm³/mol. The summed E-state index contributed by atoms with van der Waals surface area (Å²) in [6.07, 6.45) is 4.08. The Morgan fingerprint density at radius 2 is 1.96 bits per heavy atom. The molecule has 2 aromatic heterocycles. The standard InChI is InChI=1S/C17H24N4O2S2/c1-2-25(22,23)18-12-13-5-7-14(8-6-13)19-17-10-9-15(20-21-17)16-4-3-11-24-16/h3-4,9-11,13-14,18H,2,5-8,12H2,1H3,(H,19,21)/t13-,14-. The summed E-state index contributed by atoms with van der Waals surface area (Å²) < 4.78 is 25.7. The van der Waals surface area contributed by atoms with Crippen molar-refractivity contribution in [1.29, 1.82) is 0 Å². The van der Waals surface area contributed by atoms with E-state index in [1.807, 2.05) is 29.6 Å². The molecule has 0 bridgehead atoms. The second-order valence-corrected chi connectivity index (χ2v) is 9.44. The summed E-state index contributed by atoms with van der Waals surface area (Å²) in [5, 5.41) is 14.0. The number of anilines is 1. The number of aromatic nitrogens is 2. The van der Waals surface area contributed by atoms with Gasteiger partial charge in [0.05, 0.1) is 10.6 Å². The molecule has 2 N–H and O–H groups in total. The van der Waals surface area contributed by atoms with E-state index in [-0.39, 0.29) is 5.75 Å². The first-order valence-corrected chi connectivity index (χ1v) is 11.2. The van der Waals surface area contributed by atoms with E-state index in [1.54, 1.807) is 18.3 Å². The summed E-state index contributed by atoms with van der Waals surface area (Å²) in [4.78, 5) is 1.12. The number of rotatable bonds is 7. The molecule has 0 spiro atoms. The molecule has 2 heterocycles. The number of nitrogens with one attached hydrogen (secondary N) is 2. The predicted octanol–water partition coefficient (Wildman–Crippen LogP) is 3.12. The molecule has 2 aromatic rings. The average Bonchev–Trinajstić information content (AvgIpc) is 3.17. The van der Waals surface area contributed by atoms with E-state index in [4.69, 9.17) is 0 Å². The minimum absolute atomic E-state index is 0.143. The van der Waals surface area contributed by atoms with Gasteiger partial charge in [-0.2, -0.15) is 0 Å². The molecule has 3 rings (SSSR count). The minimum Gasteiger partial charge on any atom is -0.366 e. The molecule has 25 heavy (non-hydrogen) atoms. The summed E-state index contributed by atoms with van der Waals surface area (Å²) >= 11 is 1.65. The number of hydrogen-bond donors (Lipinski definition) is 2. The average molecular weight is 381 g/mol. The molecule has 8 heteroatoms. The topological polar surface area (TPSA) is 84.0 Å². The SMILES string of the molecule is CCS(=O)(=O)NC[C@H]1CC[C@H](Nc2ccc(-c3cccs3)nn2)CC1. The Morgan fingerprint density at radius 1 is 1.16 bits per heavy atom. The molecule has 1 aliphatic rings. The molecule has 0 saturated heterocycles. The van der Waals surface area contributed by atoms with Crippen molar-refractivity contribution in [3.8, 4) is 10.6 Å². The third-order valence-corrected chi connectivity index (χ3v) is 6.87. The first kappa shape index (κ1) is 18.3. The van der Waals surface area contributed by atoms with Crippen molar-refractivity contribution in [3.05, 3.63) is 29.6 Å². The van der Waals surface area contributed by atoms with Crippen LogP contribution in [0.2, 0.25) is 0 Å². The van der Waals surface area contributed by atoms with Gasteiger partial charge in [-0.25, -0.2) is 13.1 Å². The van der Waals surface area contributed by atoms with Crippen molar-refractivity contribution in [2.75, 3.05) is 17.6 Å². The lowest BCUT2D eigenvalue weighted by molar-refractivity contribution is 0.337. The second-order valence-electron chi connectivity index (χ2n) is 6.39. The third-order valence-electron chi connectivity index (χ3n) is 4.61. The van der Waals surface area contributed by atoms with Crippen LogP contribution in [0.5, 0.6) is 0 Å². The van der Waals surface area contributed by atoms with Gasteiger partial charge >= 0.3 is 0 Å². The zero-order chi connectivity index (χ0) is 17.7. The Labute approximate surface area is 153 Å². The van der Waals surface area contributed by atoms with E-state index in [0.717, 1.165) is 42.1 Å². The highest BCUT2D eigenvalue weighted by Crippen LogP contribution is 2.27. The maximum atomic E-state index is 11.5.